The average molecular weight is 435 g/mol. The fraction of sp³-hybridized carbons (Fsp3) is 0.524. The largest absolute Gasteiger partial charge is 0.396 e. The molecule has 5 rings (SSSR count). The zero-order chi connectivity index (χ0) is 22.2. The zero-order valence-corrected chi connectivity index (χ0v) is 17.1. The van der Waals surface area contributed by atoms with Crippen LogP contribution in [0.2, 0.25) is 0 Å². The maximum Gasteiger partial charge on any atom is 0.329 e. The van der Waals surface area contributed by atoms with E-state index >= 15 is 4.39 Å². The number of nitrogens with two attached hydrogens (primary N) is 2. The maximum atomic E-state index is 15.5. The Morgan fingerprint density at radius 1 is 1.26 bits per heavy atom. The first kappa shape index (κ1) is 20.2. The predicted molar refractivity (Wildman–Crippen MR) is 112 cm³/mol. The average Bonchev–Trinajstić information content (AvgIpc) is 3.46. The first-order valence-corrected chi connectivity index (χ1v) is 10.4. The van der Waals surface area contributed by atoms with Crippen LogP contribution in [0.15, 0.2) is 21.2 Å². The number of aromatic amines is 1. The molecule has 0 bridgehead atoms. The second-order valence-corrected chi connectivity index (χ2v) is 8.88. The molecule has 2 heterocycles. The number of nitrogens with one attached hydrogen (secondary N) is 1. The van der Waals surface area contributed by atoms with Gasteiger partial charge in [-0.05, 0) is 31.8 Å². The first-order valence-electron chi connectivity index (χ1n) is 10.4. The lowest BCUT2D eigenvalue weighted by molar-refractivity contribution is -0.0402. The summed E-state index contributed by atoms with van der Waals surface area (Å²) in [5, 5.41) is -0.0545. The number of anilines is 2. The maximum absolute atomic E-state index is 15.5. The molecule has 2 unspecified atom stereocenters. The highest BCUT2D eigenvalue weighted by molar-refractivity contribution is 5.97. The molecule has 0 amide bonds. The molecular weight excluding hydrogens is 411 g/mol. The van der Waals surface area contributed by atoms with Gasteiger partial charge >= 0.3 is 5.69 Å². The quantitative estimate of drug-likeness (QED) is 0.495. The van der Waals surface area contributed by atoms with Crippen LogP contribution in [0.1, 0.15) is 37.3 Å². The molecule has 2 fully saturated rings. The van der Waals surface area contributed by atoms with Crippen molar-refractivity contribution >= 4 is 22.3 Å². The first-order chi connectivity index (χ1) is 14.6. The Hall–Kier alpha value is -2.75. The van der Waals surface area contributed by atoms with Gasteiger partial charge in [-0.1, -0.05) is 6.08 Å². The summed E-state index contributed by atoms with van der Waals surface area (Å²) < 4.78 is 45.6. The molecule has 1 saturated heterocycles. The number of H-pyrrole nitrogens is 1. The second kappa shape index (κ2) is 6.62. The Bertz CT molecular complexity index is 1240. The Labute approximate surface area is 175 Å². The summed E-state index contributed by atoms with van der Waals surface area (Å²) in [5.74, 6) is -4.40. The molecule has 1 aromatic heterocycles. The van der Waals surface area contributed by atoms with E-state index < -0.39 is 34.9 Å². The number of nitrogens with zero attached hydrogens (tertiary/aromatic N) is 2. The van der Waals surface area contributed by atoms with Gasteiger partial charge in [-0.25, -0.2) is 18.0 Å². The van der Waals surface area contributed by atoms with Crippen molar-refractivity contribution in [3.63, 3.8) is 0 Å². The van der Waals surface area contributed by atoms with Crippen molar-refractivity contribution in [1.82, 2.24) is 9.55 Å². The molecule has 0 radical (unpaired) electrons. The SMILES string of the molecule is Cc1c(N2CC3=CCCC(F)(F)C(N)C3C2)c(F)c(N)c2c(=O)[nH]c(=O)n(C3CC3)c12. The number of fused-ring (bicyclic) bond motifs is 2. The lowest BCUT2D eigenvalue weighted by atomic mass is 9.92. The third-order valence-electron chi connectivity index (χ3n) is 6.87. The van der Waals surface area contributed by atoms with Gasteiger partial charge in [0.2, 0.25) is 0 Å². The number of nitrogen functional groups attached to an aromatic ring is 1. The summed E-state index contributed by atoms with van der Waals surface area (Å²) in [6, 6.07) is -1.44. The van der Waals surface area contributed by atoms with Gasteiger partial charge in [-0.2, -0.15) is 0 Å². The summed E-state index contributed by atoms with van der Waals surface area (Å²) in [5.41, 5.74) is 11.9. The highest BCUT2D eigenvalue weighted by Crippen LogP contribution is 2.44. The van der Waals surface area contributed by atoms with Crippen LogP contribution in [-0.2, 0) is 0 Å². The van der Waals surface area contributed by atoms with Crippen molar-refractivity contribution in [2.24, 2.45) is 11.7 Å². The molecule has 166 valence electrons. The summed E-state index contributed by atoms with van der Waals surface area (Å²) >= 11 is 0. The monoisotopic (exact) mass is 435 g/mol. The number of aromatic nitrogens is 2. The van der Waals surface area contributed by atoms with Crippen LogP contribution in [-0.4, -0.2) is 34.6 Å². The van der Waals surface area contributed by atoms with Crippen LogP contribution in [0.5, 0.6) is 0 Å². The van der Waals surface area contributed by atoms with Gasteiger partial charge in [0.15, 0.2) is 5.82 Å². The minimum absolute atomic E-state index is 0.0545. The fourth-order valence-corrected chi connectivity index (χ4v) is 5.14. The van der Waals surface area contributed by atoms with E-state index in [0.29, 0.717) is 11.1 Å². The van der Waals surface area contributed by atoms with Gasteiger partial charge in [-0.3, -0.25) is 14.3 Å². The van der Waals surface area contributed by atoms with Crippen LogP contribution in [0.3, 0.4) is 0 Å². The molecule has 2 atom stereocenters. The van der Waals surface area contributed by atoms with Crippen LogP contribution < -0.4 is 27.6 Å². The van der Waals surface area contributed by atoms with Crippen molar-refractivity contribution in [1.29, 1.82) is 0 Å². The smallest absolute Gasteiger partial charge is 0.329 e. The Morgan fingerprint density at radius 3 is 2.65 bits per heavy atom. The molecular formula is C21H24F3N5O2. The highest BCUT2D eigenvalue weighted by Gasteiger charge is 2.47. The van der Waals surface area contributed by atoms with E-state index in [9.17, 15) is 18.4 Å². The second-order valence-electron chi connectivity index (χ2n) is 8.88. The molecule has 0 spiro atoms. The third-order valence-corrected chi connectivity index (χ3v) is 6.87. The van der Waals surface area contributed by atoms with Gasteiger partial charge in [0.1, 0.15) is 0 Å². The summed E-state index contributed by atoms with van der Waals surface area (Å²) in [4.78, 5) is 28.9. The molecule has 1 saturated carbocycles. The number of hydrogen-bond donors (Lipinski definition) is 3. The molecule has 31 heavy (non-hydrogen) atoms. The minimum atomic E-state index is -3.01. The van der Waals surface area contributed by atoms with E-state index in [0.717, 1.165) is 18.4 Å². The van der Waals surface area contributed by atoms with Crippen molar-refractivity contribution in [3.8, 4) is 0 Å². The van der Waals surface area contributed by atoms with Crippen molar-refractivity contribution < 1.29 is 13.2 Å². The standard InChI is InChI=1S/C21H24F3N5O2/c1-9-16-13(19(30)27-20(31)29(16)11-4-5-11)15(25)14(22)17(9)28-7-10-3-2-6-21(23,24)18(26)12(10)8-28/h3,11-12,18H,2,4-8,25-26H2,1H3,(H,27,30,31). The number of alkyl halides is 2. The zero-order valence-electron chi connectivity index (χ0n) is 17.1. The van der Waals surface area contributed by atoms with Crippen LogP contribution >= 0.6 is 0 Å². The molecule has 1 aliphatic heterocycles. The normalized spacial score (nSPS) is 25.5. The highest BCUT2D eigenvalue weighted by atomic mass is 19.3. The Balaban J connectivity index is 1.70. The van der Waals surface area contributed by atoms with E-state index in [2.05, 4.69) is 4.98 Å². The lowest BCUT2D eigenvalue weighted by Crippen LogP contribution is -2.47. The van der Waals surface area contributed by atoms with Crippen molar-refractivity contribution in [2.45, 2.75) is 50.6 Å². The van der Waals surface area contributed by atoms with Gasteiger partial charge in [0.05, 0.1) is 28.3 Å². The summed E-state index contributed by atoms with van der Waals surface area (Å²) in [6.45, 7) is 1.99. The molecule has 7 nitrogen and oxygen atoms in total. The molecule has 3 aliphatic rings. The summed E-state index contributed by atoms with van der Waals surface area (Å²) in [7, 11) is 0. The van der Waals surface area contributed by atoms with Gasteiger partial charge in [-0.15, -0.1) is 0 Å². The molecule has 5 N–H and O–H groups in total. The number of aryl methyl sites for hydroxylation is 1. The third kappa shape index (κ3) is 2.91. The van der Waals surface area contributed by atoms with Crippen LogP contribution in [0.4, 0.5) is 24.5 Å². The number of benzene rings is 1. The van der Waals surface area contributed by atoms with Crippen molar-refractivity contribution in [2.75, 3.05) is 23.7 Å². The van der Waals surface area contributed by atoms with Gasteiger partial charge < -0.3 is 16.4 Å². The molecule has 2 aliphatic carbocycles. The molecule has 2 aromatic rings. The number of rotatable bonds is 2. The van der Waals surface area contributed by atoms with E-state index in [-0.39, 0.29) is 48.7 Å². The van der Waals surface area contributed by atoms with E-state index in [1.165, 1.54) is 4.57 Å². The Kier molecular flexibility index (Phi) is 4.31. The van der Waals surface area contributed by atoms with E-state index in [1.807, 2.05) is 0 Å². The lowest BCUT2D eigenvalue weighted by Gasteiger charge is -2.28. The van der Waals surface area contributed by atoms with Crippen molar-refractivity contribution in [3.05, 3.63) is 43.9 Å². The van der Waals surface area contributed by atoms with E-state index in [1.54, 1.807) is 17.9 Å². The topological polar surface area (TPSA) is 110 Å². The Morgan fingerprint density at radius 2 is 1.97 bits per heavy atom. The van der Waals surface area contributed by atoms with Gasteiger partial charge in [0.25, 0.3) is 11.5 Å². The fourth-order valence-electron chi connectivity index (χ4n) is 5.14. The molecule has 1 aromatic carbocycles. The number of allylic oxidation sites excluding steroid dienone is 1. The summed E-state index contributed by atoms with van der Waals surface area (Å²) in [6.07, 6.45) is 3.22. The van der Waals surface area contributed by atoms with Gasteiger partial charge in [0, 0.05) is 37.0 Å². The van der Waals surface area contributed by atoms with Crippen LogP contribution in [0.25, 0.3) is 10.9 Å². The van der Waals surface area contributed by atoms with E-state index in [4.69, 9.17) is 11.5 Å². The van der Waals surface area contributed by atoms with Crippen LogP contribution in [0, 0.1) is 18.7 Å². The minimum Gasteiger partial charge on any atom is -0.396 e. The predicted octanol–water partition coefficient (Wildman–Crippen LogP) is 2.17. The molecule has 10 heteroatoms. The number of halogens is 3. The number of hydrogen-bond acceptors (Lipinski definition) is 5.